The number of rotatable bonds is 7. The molecule has 3 heterocycles. The van der Waals surface area contributed by atoms with Gasteiger partial charge in [-0.1, -0.05) is 111 Å². The Bertz CT molecular complexity index is 2570. The molecule has 0 bridgehead atoms. The van der Waals surface area contributed by atoms with Crippen molar-refractivity contribution in [3.05, 3.63) is 189 Å². The molecular weight excluding hydrogens is 844 g/mol. The van der Waals surface area contributed by atoms with Crippen LogP contribution in [0.1, 0.15) is 26.3 Å². The van der Waals surface area contributed by atoms with E-state index in [0.29, 0.717) is 11.5 Å². The molecule has 6 heteroatoms. The Labute approximate surface area is 331 Å². The average Bonchev–Trinajstić information content (AvgIpc) is 3.82. The second kappa shape index (κ2) is 14.5. The first-order chi connectivity index (χ1) is 25.9. The largest absolute Gasteiger partial charge is 0.509 e. The summed E-state index contributed by atoms with van der Waals surface area (Å²) in [5.41, 5.74) is 10.6. The third-order valence-corrected chi connectivity index (χ3v) is 9.72. The van der Waals surface area contributed by atoms with Crippen molar-refractivity contribution in [3.63, 3.8) is 0 Å². The molecule has 0 radical (unpaired) electrons. The fourth-order valence-electron chi connectivity index (χ4n) is 7.02. The first kappa shape index (κ1) is 35.1. The number of ether oxygens (including phenoxy) is 1. The number of para-hydroxylation sites is 1. The minimum Gasteiger partial charge on any atom is -0.509 e. The number of hydrogen-bond acceptors (Lipinski definition) is 4. The number of fused-ring (bicyclic) bond motifs is 3. The zero-order valence-corrected chi connectivity index (χ0v) is 32.5. The molecule has 0 atom stereocenters. The van der Waals surface area contributed by atoms with Gasteiger partial charge in [0.2, 0.25) is 0 Å². The monoisotopic (exact) mass is 880 g/mol. The number of hydrogen-bond donors (Lipinski definition) is 0. The quantitative estimate of drug-likeness (QED) is 0.149. The maximum Gasteiger partial charge on any atom is 0.143 e. The zero-order valence-electron chi connectivity index (χ0n) is 30.2. The van der Waals surface area contributed by atoms with E-state index in [1.807, 2.05) is 42.6 Å². The van der Waals surface area contributed by atoms with Crippen LogP contribution in [-0.2, 0) is 26.5 Å². The number of aromatic nitrogens is 2. The molecule has 268 valence electrons. The minimum absolute atomic E-state index is 0. The van der Waals surface area contributed by atoms with Crippen LogP contribution >= 0.6 is 0 Å². The van der Waals surface area contributed by atoms with Gasteiger partial charge < -0.3 is 19.1 Å². The SMILES string of the molecule is CC(C)(C)c1ccc(N2C=CN(c3[c-]c(Oc4[c-]c(-n5c6ccccc6c6cccnc65)ccc4)cc(-c4ccccc4)c3)[CH-]2)c(-c2ccccc2)c1.[Pt]. The van der Waals surface area contributed by atoms with E-state index in [4.69, 9.17) is 9.72 Å². The normalized spacial score (nSPS) is 12.7. The first-order valence-electron chi connectivity index (χ1n) is 17.9. The summed E-state index contributed by atoms with van der Waals surface area (Å²) < 4.78 is 8.76. The van der Waals surface area contributed by atoms with E-state index in [9.17, 15) is 0 Å². The van der Waals surface area contributed by atoms with E-state index in [1.165, 1.54) is 16.7 Å². The summed E-state index contributed by atoms with van der Waals surface area (Å²) in [4.78, 5) is 9.02. The van der Waals surface area contributed by atoms with Crippen LogP contribution in [0.25, 0.3) is 49.9 Å². The van der Waals surface area contributed by atoms with Gasteiger partial charge in [0.05, 0.1) is 5.52 Å². The molecular formula is C48H37N4OPt-3. The van der Waals surface area contributed by atoms with Gasteiger partial charge in [0.1, 0.15) is 5.65 Å². The van der Waals surface area contributed by atoms with Crippen LogP contribution in [-0.4, -0.2) is 9.55 Å². The predicted molar refractivity (Wildman–Crippen MR) is 217 cm³/mol. The molecule has 0 N–H and O–H groups in total. The van der Waals surface area contributed by atoms with Gasteiger partial charge >= 0.3 is 0 Å². The number of nitrogens with zero attached hydrogens (tertiary/aromatic N) is 4. The van der Waals surface area contributed by atoms with Crippen LogP contribution in [0.2, 0.25) is 0 Å². The van der Waals surface area contributed by atoms with Crippen molar-refractivity contribution in [1.82, 2.24) is 9.55 Å². The van der Waals surface area contributed by atoms with Gasteiger partial charge in [-0.3, -0.25) is 0 Å². The first-order valence-corrected chi connectivity index (χ1v) is 17.9. The molecule has 0 amide bonds. The minimum atomic E-state index is 0. The van der Waals surface area contributed by atoms with Gasteiger partial charge in [-0.2, -0.15) is 6.07 Å². The van der Waals surface area contributed by atoms with E-state index in [0.717, 1.165) is 50.1 Å². The molecule has 6 aromatic carbocycles. The summed E-state index contributed by atoms with van der Waals surface area (Å²) in [5.74, 6) is 1.18. The molecule has 0 fully saturated rings. The third-order valence-electron chi connectivity index (χ3n) is 9.72. The molecule has 9 rings (SSSR count). The molecule has 0 saturated heterocycles. The van der Waals surface area contributed by atoms with Gasteiger partial charge in [0.15, 0.2) is 0 Å². The smallest absolute Gasteiger partial charge is 0.143 e. The molecule has 0 spiro atoms. The molecule has 0 saturated carbocycles. The van der Waals surface area contributed by atoms with Crippen molar-refractivity contribution in [2.45, 2.75) is 26.2 Å². The van der Waals surface area contributed by atoms with E-state index in [1.54, 1.807) is 0 Å². The number of anilines is 2. The second-order valence-corrected chi connectivity index (χ2v) is 14.3. The molecule has 1 aliphatic rings. The fraction of sp³-hybridized carbons (Fsp3) is 0.0833. The molecule has 1 aliphatic heterocycles. The maximum absolute atomic E-state index is 6.61. The molecule has 0 aliphatic carbocycles. The summed E-state index contributed by atoms with van der Waals surface area (Å²) in [6.07, 6.45) is 6.00. The summed E-state index contributed by atoms with van der Waals surface area (Å²) >= 11 is 0. The van der Waals surface area contributed by atoms with Gasteiger partial charge in [-0.15, -0.1) is 54.3 Å². The summed E-state index contributed by atoms with van der Waals surface area (Å²) in [6, 6.07) is 57.5. The number of pyridine rings is 1. The summed E-state index contributed by atoms with van der Waals surface area (Å²) in [7, 11) is 0. The van der Waals surface area contributed by atoms with Crippen LogP contribution in [0.15, 0.2) is 164 Å². The third kappa shape index (κ3) is 6.72. The molecule has 2 aromatic heterocycles. The van der Waals surface area contributed by atoms with Crippen LogP contribution in [0, 0.1) is 18.8 Å². The van der Waals surface area contributed by atoms with Crippen LogP contribution in [0.5, 0.6) is 11.5 Å². The summed E-state index contributed by atoms with van der Waals surface area (Å²) in [6.45, 7) is 8.87. The van der Waals surface area contributed by atoms with Crippen molar-refractivity contribution >= 4 is 33.3 Å². The van der Waals surface area contributed by atoms with Crippen LogP contribution < -0.4 is 14.5 Å². The van der Waals surface area contributed by atoms with Gasteiger partial charge in [-0.05, 0) is 64.8 Å². The van der Waals surface area contributed by atoms with Gasteiger partial charge in [-0.25, -0.2) is 4.98 Å². The Morgan fingerprint density at radius 3 is 2.09 bits per heavy atom. The van der Waals surface area contributed by atoms with Crippen molar-refractivity contribution in [3.8, 4) is 39.4 Å². The van der Waals surface area contributed by atoms with E-state index >= 15 is 0 Å². The second-order valence-electron chi connectivity index (χ2n) is 14.3. The Kier molecular flexibility index (Phi) is 9.43. The van der Waals surface area contributed by atoms with Crippen molar-refractivity contribution in [2.24, 2.45) is 0 Å². The van der Waals surface area contributed by atoms with Crippen molar-refractivity contribution < 1.29 is 25.8 Å². The standard InChI is InChI=1S/C48H37N4O.Pt/c1-48(2,3)37-23-24-45(44(30-37)35-16-8-5-9-17-35)51-27-26-50(33-51)39-28-36(34-14-6-4-7-15-34)29-41(32-39)53-40-19-12-18-38(31-40)52-46-22-11-10-20-42(46)43-21-13-25-49-47(43)52;/h4-30,33H,1-3H3;/q-3;. The zero-order chi connectivity index (χ0) is 35.9. The van der Waals surface area contributed by atoms with E-state index < -0.39 is 0 Å². The maximum atomic E-state index is 6.61. The average molecular weight is 881 g/mol. The van der Waals surface area contributed by atoms with E-state index in [2.05, 4.69) is 176 Å². The Balaban J connectivity index is 0.00000413. The van der Waals surface area contributed by atoms with Crippen molar-refractivity contribution in [1.29, 1.82) is 0 Å². The molecule has 0 unspecified atom stereocenters. The molecule has 5 nitrogen and oxygen atoms in total. The van der Waals surface area contributed by atoms with Gasteiger partial charge in [0.25, 0.3) is 0 Å². The Morgan fingerprint density at radius 2 is 1.30 bits per heavy atom. The van der Waals surface area contributed by atoms with Crippen LogP contribution in [0.3, 0.4) is 0 Å². The Morgan fingerprint density at radius 1 is 0.593 bits per heavy atom. The fourth-order valence-corrected chi connectivity index (χ4v) is 7.02. The van der Waals surface area contributed by atoms with E-state index in [-0.39, 0.29) is 26.5 Å². The molecule has 54 heavy (non-hydrogen) atoms. The Hall–Kier alpha value is -5.90. The summed E-state index contributed by atoms with van der Waals surface area (Å²) in [5, 5.41) is 2.25. The number of benzene rings is 6. The van der Waals surface area contributed by atoms with Gasteiger partial charge in [0, 0.05) is 60.8 Å². The van der Waals surface area contributed by atoms with Crippen LogP contribution in [0.4, 0.5) is 11.4 Å². The van der Waals surface area contributed by atoms with Crippen molar-refractivity contribution in [2.75, 3.05) is 9.80 Å². The topological polar surface area (TPSA) is 33.5 Å². The molecule has 8 aromatic rings. The predicted octanol–water partition coefficient (Wildman–Crippen LogP) is 12.1.